The molecule has 1 atom stereocenters. The number of carbonyl (C=O) groups excluding carboxylic acids is 2. The summed E-state index contributed by atoms with van der Waals surface area (Å²) in [5.74, 6) is -0.0662. The van der Waals surface area contributed by atoms with Crippen LogP contribution in [0.3, 0.4) is 0 Å². The molecule has 0 bridgehead atoms. The topological polar surface area (TPSA) is 58.6 Å². The van der Waals surface area contributed by atoms with Gasteiger partial charge in [-0.25, -0.2) is 4.79 Å². The zero-order valence-electron chi connectivity index (χ0n) is 10.0. The van der Waals surface area contributed by atoms with Crippen LogP contribution in [0.5, 0.6) is 0 Å². The predicted octanol–water partition coefficient (Wildman–Crippen LogP) is 0.845. The first-order valence-electron chi connectivity index (χ1n) is 5.03. The van der Waals surface area contributed by atoms with E-state index < -0.39 is 12.1 Å². The number of alkyl carbamates (subject to hydrolysis) is 1. The van der Waals surface area contributed by atoms with Crippen molar-refractivity contribution in [1.29, 1.82) is 0 Å². The summed E-state index contributed by atoms with van der Waals surface area (Å²) in [7, 11) is 2.98. The van der Waals surface area contributed by atoms with Gasteiger partial charge in [0.25, 0.3) is 0 Å². The lowest BCUT2D eigenvalue weighted by Crippen LogP contribution is -2.50. The Labute approximate surface area is 90.8 Å². The third-order valence-electron chi connectivity index (χ3n) is 2.24. The van der Waals surface area contributed by atoms with Crippen molar-refractivity contribution in [3.8, 4) is 0 Å². The van der Waals surface area contributed by atoms with E-state index in [1.165, 1.54) is 7.11 Å². The van der Waals surface area contributed by atoms with Gasteiger partial charge >= 0.3 is 6.09 Å². The standard InChI is InChI=1S/C10H20N2O3/c1-6-12(4)9(13)8(7(2)3)11-10(14)15-5/h7-8H,6H2,1-5H3,(H,11,14). The molecule has 0 fully saturated rings. The summed E-state index contributed by atoms with van der Waals surface area (Å²) in [6.07, 6.45) is -0.577. The number of rotatable bonds is 4. The summed E-state index contributed by atoms with van der Waals surface area (Å²) in [5, 5.41) is 2.53. The molecule has 0 aromatic heterocycles. The molecule has 0 saturated carbocycles. The molecule has 0 aliphatic rings. The van der Waals surface area contributed by atoms with Crippen molar-refractivity contribution in [3.63, 3.8) is 0 Å². The van der Waals surface area contributed by atoms with Gasteiger partial charge in [-0.15, -0.1) is 0 Å². The van der Waals surface area contributed by atoms with Crippen molar-refractivity contribution in [1.82, 2.24) is 10.2 Å². The molecule has 0 aromatic rings. The third-order valence-corrected chi connectivity index (χ3v) is 2.24. The number of carbonyl (C=O) groups is 2. The van der Waals surface area contributed by atoms with E-state index in [0.717, 1.165) is 0 Å². The Morgan fingerprint density at radius 1 is 1.40 bits per heavy atom. The van der Waals surface area contributed by atoms with E-state index in [9.17, 15) is 9.59 Å². The van der Waals surface area contributed by atoms with Crippen LogP contribution in [0.1, 0.15) is 20.8 Å². The van der Waals surface area contributed by atoms with E-state index in [0.29, 0.717) is 6.54 Å². The molecule has 0 rings (SSSR count). The first-order chi connectivity index (χ1) is 6.93. The fourth-order valence-corrected chi connectivity index (χ4v) is 1.09. The van der Waals surface area contributed by atoms with Crippen LogP contribution in [0.2, 0.25) is 0 Å². The molecule has 0 aliphatic heterocycles. The molecule has 1 unspecified atom stereocenters. The number of hydrogen-bond donors (Lipinski definition) is 1. The van der Waals surface area contributed by atoms with E-state index in [1.54, 1.807) is 11.9 Å². The molecule has 2 amide bonds. The molecule has 0 spiro atoms. The largest absolute Gasteiger partial charge is 0.453 e. The van der Waals surface area contributed by atoms with Gasteiger partial charge in [-0.3, -0.25) is 4.79 Å². The quantitative estimate of drug-likeness (QED) is 0.757. The molecule has 0 heterocycles. The van der Waals surface area contributed by atoms with Crippen molar-refractivity contribution >= 4 is 12.0 Å². The van der Waals surface area contributed by atoms with Gasteiger partial charge in [0, 0.05) is 13.6 Å². The number of ether oxygens (including phenoxy) is 1. The summed E-state index contributed by atoms with van der Waals surface area (Å²) in [6.45, 7) is 6.25. The number of likely N-dealkylation sites (N-methyl/N-ethyl adjacent to an activating group) is 1. The van der Waals surface area contributed by atoms with Crippen molar-refractivity contribution in [2.24, 2.45) is 5.92 Å². The van der Waals surface area contributed by atoms with Crippen LogP contribution in [-0.4, -0.2) is 43.6 Å². The first kappa shape index (κ1) is 13.7. The number of methoxy groups -OCH3 is 1. The summed E-state index contributed by atoms with van der Waals surface area (Å²) < 4.78 is 4.47. The molecule has 1 N–H and O–H groups in total. The van der Waals surface area contributed by atoms with Gasteiger partial charge in [-0.2, -0.15) is 0 Å². The summed E-state index contributed by atoms with van der Waals surface area (Å²) in [5.41, 5.74) is 0. The zero-order valence-corrected chi connectivity index (χ0v) is 10.0. The molecular weight excluding hydrogens is 196 g/mol. The van der Waals surface area contributed by atoms with Gasteiger partial charge in [-0.1, -0.05) is 13.8 Å². The smallest absolute Gasteiger partial charge is 0.407 e. The van der Waals surface area contributed by atoms with Crippen molar-refractivity contribution < 1.29 is 14.3 Å². The Kier molecular flexibility index (Phi) is 5.74. The van der Waals surface area contributed by atoms with Crippen LogP contribution < -0.4 is 5.32 Å². The minimum Gasteiger partial charge on any atom is -0.453 e. The fourth-order valence-electron chi connectivity index (χ4n) is 1.09. The van der Waals surface area contributed by atoms with Gasteiger partial charge in [0.05, 0.1) is 7.11 Å². The van der Waals surface area contributed by atoms with Crippen LogP contribution in [0.25, 0.3) is 0 Å². The van der Waals surface area contributed by atoms with Gasteiger partial charge < -0.3 is 15.0 Å². The maximum absolute atomic E-state index is 11.8. The number of nitrogens with zero attached hydrogens (tertiary/aromatic N) is 1. The highest BCUT2D eigenvalue weighted by molar-refractivity contribution is 5.85. The van der Waals surface area contributed by atoms with Crippen LogP contribution in [-0.2, 0) is 9.53 Å². The maximum Gasteiger partial charge on any atom is 0.407 e. The Balaban J connectivity index is 4.52. The Bertz CT molecular complexity index is 229. The molecule has 5 heteroatoms. The Morgan fingerprint density at radius 2 is 1.93 bits per heavy atom. The molecular formula is C10H20N2O3. The Hall–Kier alpha value is -1.26. The minimum atomic E-state index is -0.577. The number of hydrogen-bond acceptors (Lipinski definition) is 3. The average molecular weight is 216 g/mol. The summed E-state index contributed by atoms with van der Waals surface area (Å²) >= 11 is 0. The third kappa shape index (κ3) is 4.18. The lowest BCUT2D eigenvalue weighted by atomic mass is 10.0. The molecule has 0 radical (unpaired) electrons. The second-order valence-electron chi connectivity index (χ2n) is 3.71. The highest BCUT2D eigenvalue weighted by Crippen LogP contribution is 2.05. The maximum atomic E-state index is 11.8. The van der Waals surface area contributed by atoms with Crippen LogP contribution in [0, 0.1) is 5.92 Å². The van der Waals surface area contributed by atoms with Gasteiger partial charge in [0.1, 0.15) is 6.04 Å². The molecule has 0 aliphatic carbocycles. The second kappa shape index (κ2) is 6.27. The van der Waals surface area contributed by atoms with E-state index in [-0.39, 0.29) is 11.8 Å². The molecule has 15 heavy (non-hydrogen) atoms. The van der Waals surface area contributed by atoms with Gasteiger partial charge in [-0.05, 0) is 12.8 Å². The second-order valence-corrected chi connectivity index (χ2v) is 3.71. The van der Waals surface area contributed by atoms with Crippen molar-refractivity contribution in [2.45, 2.75) is 26.8 Å². The van der Waals surface area contributed by atoms with Gasteiger partial charge in [0.15, 0.2) is 0 Å². The monoisotopic (exact) mass is 216 g/mol. The first-order valence-corrected chi connectivity index (χ1v) is 5.03. The predicted molar refractivity (Wildman–Crippen MR) is 57.5 cm³/mol. The highest BCUT2D eigenvalue weighted by Gasteiger charge is 2.26. The zero-order chi connectivity index (χ0) is 12.0. The van der Waals surface area contributed by atoms with Crippen LogP contribution in [0.15, 0.2) is 0 Å². The molecule has 5 nitrogen and oxygen atoms in total. The number of amides is 2. The number of nitrogens with one attached hydrogen (secondary N) is 1. The lowest BCUT2D eigenvalue weighted by molar-refractivity contribution is -0.132. The highest BCUT2D eigenvalue weighted by atomic mass is 16.5. The summed E-state index contributed by atoms with van der Waals surface area (Å²) in [6, 6.07) is -0.526. The lowest BCUT2D eigenvalue weighted by Gasteiger charge is -2.25. The van der Waals surface area contributed by atoms with Gasteiger partial charge in [0.2, 0.25) is 5.91 Å². The SMILES string of the molecule is CCN(C)C(=O)C(NC(=O)OC)C(C)C. The van der Waals surface area contributed by atoms with Crippen molar-refractivity contribution in [2.75, 3.05) is 20.7 Å². The van der Waals surface area contributed by atoms with E-state index >= 15 is 0 Å². The van der Waals surface area contributed by atoms with Crippen molar-refractivity contribution in [3.05, 3.63) is 0 Å². The average Bonchev–Trinajstić information content (AvgIpc) is 2.22. The molecule has 88 valence electrons. The summed E-state index contributed by atoms with van der Waals surface area (Å²) in [4.78, 5) is 24.4. The fraction of sp³-hybridized carbons (Fsp3) is 0.800. The molecule has 0 aromatic carbocycles. The van der Waals surface area contributed by atoms with Crippen LogP contribution >= 0.6 is 0 Å². The van der Waals surface area contributed by atoms with E-state index in [1.807, 2.05) is 20.8 Å². The van der Waals surface area contributed by atoms with Crippen LogP contribution in [0.4, 0.5) is 4.79 Å². The van der Waals surface area contributed by atoms with E-state index in [4.69, 9.17) is 0 Å². The Morgan fingerprint density at radius 3 is 2.27 bits per heavy atom. The van der Waals surface area contributed by atoms with E-state index in [2.05, 4.69) is 10.1 Å². The molecule has 0 saturated heterocycles. The minimum absolute atomic E-state index is 0.0330. The normalized spacial score (nSPS) is 12.1.